The van der Waals surface area contributed by atoms with E-state index in [1.54, 1.807) is 13.8 Å². The molecule has 0 aliphatic carbocycles. The molecule has 4 amide bonds. The van der Waals surface area contributed by atoms with E-state index in [1.165, 1.54) is 6.92 Å². The second-order valence-electron chi connectivity index (χ2n) is 6.65. The third kappa shape index (κ3) is 9.04. The van der Waals surface area contributed by atoms with Crippen LogP contribution < -0.4 is 27.4 Å². The van der Waals surface area contributed by atoms with Gasteiger partial charge in [-0.05, 0) is 19.3 Å². The molecule has 0 saturated heterocycles. The van der Waals surface area contributed by atoms with Crippen LogP contribution in [0.1, 0.15) is 33.6 Å². The molecule has 11 nitrogen and oxygen atoms in total. The van der Waals surface area contributed by atoms with E-state index in [0.29, 0.717) is 0 Å². The Morgan fingerprint density at radius 3 is 1.89 bits per heavy atom. The van der Waals surface area contributed by atoms with Crippen LogP contribution in [0.2, 0.25) is 0 Å². The molecule has 0 spiro atoms. The van der Waals surface area contributed by atoms with Gasteiger partial charge < -0.3 is 32.5 Å². The Balaban J connectivity index is 4.82. The van der Waals surface area contributed by atoms with E-state index in [1.807, 2.05) is 0 Å². The number of nitrogens with two attached hydrogens (primary N) is 2. The van der Waals surface area contributed by atoms with Gasteiger partial charge in [0.2, 0.25) is 23.6 Å². The lowest BCUT2D eigenvalue weighted by molar-refractivity contribution is -0.142. The molecule has 0 saturated carbocycles. The van der Waals surface area contributed by atoms with Crippen LogP contribution in [0.3, 0.4) is 0 Å². The number of thiol groups is 1. The fraction of sp³-hybridized carbons (Fsp3) is 0.688. The lowest BCUT2D eigenvalue weighted by Crippen LogP contribution is -2.57. The minimum absolute atomic E-state index is 0.0346. The van der Waals surface area contributed by atoms with Gasteiger partial charge in [-0.1, -0.05) is 13.8 Å². The lowest BCUT2D eigenvalue weighted by atomic mass is 10.0. The van der Waals surface area contributed by atoms with Gasteiger partial charge in [-0.3, -0.25) is 19.2 Å². The summed E-state index contributed by atoms with van der Waals surface area (Å²) >= 11 is 4.01. The first-order chi connectivity index (χ1) is 12.9. The standard InChI is InChI=1S/C16H29N5O6S/c1-7(2)12(18)15(25)21-10(6-28)14(24)19-8(3)13(23)20-9(16(26)27)4-5-11(17)22/h7-10,12,28H,4-6,18H2,1-3H3,(H2,17,22)(H,19,24)(H,20,23)(H,21,25)(H,26,27). The zero-order valence-corrected chi connectivity index (χ0v) is 17.0. The van der Waals surface area contributed by atoms with Crippen LogP contribution in [0.5, 0.6) is 0 Å². The number of nitrogens with one attached hydrogen (secondary N) is 3. The first-order valence-corrected chi connectivity index (χ1v) is 9.32. The van der Waals surface area contributed by atoms with Crippen LogP contribution in [-0.4, -0.2) is 64.6 Å². The van der Waals surface area contributed by atoms with Crippen LogP contribution in [0.25, 0.3) is 0 Å². The number of hydrogen-bond acceptors (Lipinski definition) is 7. The van der Waals surface area contributed by atoms with Gasteiger partial charge in [-0.25, -0.2) is 4.79 Å². The monoisotopic (exact) mass is 419 g/mol. The van der Waals surface area contributed by atoms with Gasteiger partial charge in [0.1, 0.15) is 18.1 Å². The first kappa shape index (κ1) is 25.7. The van der Waals surface area contributed by atoms with Gasteiger partial charge in [0.15, 0.2) is 0 Å². The Labute approximate surface area is 168 Å². The average Bonchev–Trinajstić information content (AvgIpc) is 2.60. The minimum atomic E-state index is -1.34. The van der Waals surface area contributed by atoms with Crippen molar-refractivity contribution >= 4 is 42.2 Å². The topological polar surface area (TPSA) is 194 Å². The summed E-state index contributed by atoms with van der Waals surface area (Å²) in [6.45, 7) is 4.85. The number of carbonyl (C=O) groups is 5. The molecule has 12 heteroatoms. The fourth-order valence-electron chi connectivity index (χ4n) is 1.99. The normalized spacial score (nSPS) is 15.1. The van der Waals surface area contributed by atoms with Crippen LogP contribution >= 0.6 is 12.6 Å². The number of amides is 4. The third-order valence-corrected chi connectivity index (χ3v) is 4.25. The predicted molar refractivity (Wildman–Crippen MR) is 104 cm³/mol. The van der Waals surface area contributed by atoms with Crippen LogP contribution in [0.4, 0.5) is 0 Å². The number of carbonyl (C=O) groups excluding carboxylic acids is 4. The number of carboxylic acids is 1. The van der Waals surface area contributed by atoms with Gasteiger partial charge in [-0.2, -0.15) is 12.6 Å². The van der Waals surface area contributed by atoms with Crippen LogP contribution in [0, 0.1) is 5.92 Å². The molecule has 8 N–H and O–H groups in total. The highest BCUT2D eigenvalue weighted by molar-refractivity contribution is 7.80. The average molecular weight is 420 g/mol. The zero-order valence-electron chi connectivity index (χ0n) is 16.1. The summed E-state index contributed by atoms with van der Waals surface area (Å²) < 4.78 is 0. The predicted octanol–water partition coefficient (Wildman–Crippen LogP) is -2.28. The minimum Gasteiger partial charge on any atom is -0.480 e. The van der Waals surface area contributed by atoms with Gasteiger partial charge in [0, 0.05) is 12.2 Å². The summed E-state index contributed by atoms with van der Waals surface area (Å²) in [4.78, 5) is 58.4. The lowest BCUT2D eigenvalue weighted by Gasteiger charge is -2.23. The molecule has 0 radical (unpaired) electrons. The number of primary amides is 1. The summed E-state index contributed by atoms with van der Waals surface area (Å²) in [6, 6.07) is -4.26. The van der Waals surface area contributed by atoms with E-state index < -0.39 is 53.8 Å². The number of aliphatic carboxylic acids is 1. The Morgan fingerprint density at radius 2 is 1.46 bits per heavy atom. The van der Waals surface area contributed by atoms with E-state index in [4.69, 9.17) is 16.6 Å². The molecule has 28 heavy (non-hydrogen) atoms. The smallest absolute Gasteiger partial charge is 0.326 e. The quantitative estimate of drug-likeness (QED) is 0.173. The molecule has 0 aromatic heterocycles. The SMILES string of the molecule is CC(NC(=O)C(CS)NC(=O)C(N)C(C)C)C(=O)NC(CCC(N)=O)C(=O)O. The molecule has 4 unspecified atom stereocenters. The number of rotatable bonds is 12. The van der Waals surface area contributed by atoms with Gasteiger partial charge in [-0.15, -0.1) is 0 Å². The van der Waals surface area contributed by atoms with Crippen molar-refractivity contribution in [1.29, 1.82) is 0 Å². The highest BCUT2D eigenvalue weighted by Crippen LogP contribution is 2.01. The van der Waals surface area contributed by atoms with Crippen molar-refractivity contribution in [1.82, 2.24) is 16.0 Å². The molecule has 0 fully saturated rings. The van der Waals surface area contributed by atoms with Gasteiger partial charge in [0.05, 0.1) is 6.04 Å². The van der Waals surface area contributed by atoms with Crippen LogP contribution in [0.15, 0.2) is 0 Å². The summed E-state index contributed by atoms with van der Waals surface area (Å²) in [5.41, 5.74) is 10.7. The molecular weight excluding hydrogens is 390 g/mol. The van der Waals surface area contributed by atoms with E-state index >= 15 is 0 Å². The van der Waals surface area contributed by atoms with Crippen molar-refractivity contribution in [3.8, 4) is 0 Å². The highest BCUT2D eigenvalue weighted by Gasteiger charge is 2.28. The van der Waals surface area contributed by atoms with Crippen molar-refractivity contribution in [3.05, 3.63) is 0 Å². The first-order valence-electron chi connectivity index (χ1n) is 8.69. The van der Waals surface area contributed by atoms with Crippen molar-refractivity contribution < 1.29 is 29.1 Å². The largest absolute Gasteiger partial charge is 0.480 e. The summed E-state index contributed by atoms with van der Waals surface area (Å²) in [5.74, 6) is -4.18. The Hall–Kier alpha value is -2.34. The van der Waals surface area contributed by atoms with Crippen LogP contribution in [-0.2, 0) is 24.0 Å². The molecule has 0 rings (SSSR count). The molecule has 0 aliphatic rings. The Bertz CT molecular complexity index is 600. The summed E-state index contributed by atoms with van der Waals surface area (Å²) in [7, 11) is 0. The Kier molecular flexibility index (Phi) is 11.2. The highest BCUT2D eigenvalue weighted by atomic mass is 32.1. The molecule has 0 heterocycles. The molecule has 0 aromatic carbocycles. The van der Waals surface area contributed by atoms with Gasteiger partial charge in [0.25, 0.3) is 0 Å². The van der Waals surface area contributed by atoms with E-state index in [9.17, 15) is 24.0 Å². The Morgan fingerprint density at radius 1 is 0.929 bits per heavy atom. The van der Waals surface area contributed by atoms with Crippen molar-refractivity contribution in [2.45, 2.75) is 57.8 Å². The van der Waals surface area contributed by atoms with Crippen molar-refractivity contribution in [2.24, 2.45) is 17.4 Å². The summed E-state index contributed by atoms with van der Waals surface area (Å²) in [5, 5.41) is 16.1. The fourth-order valence-corrected chi connectivity index (χ4v) is 2.24. The van der Waals surface area contributed by atoms with E-state index in [2.05, 4.69) is 28.6 Å². The molecule has 0 aromatic rings. The van der Waals surface area contributed by atoms with E-state index in [0.717, 1.165) is 0 Å². The van der Waals surface area contributed by atoms with E-state index in [-0.39, 0.29) is 24.5 Å². The molecule has 0 bridgehead atoms. The number of carboxylic acid groups (broad SMARTS) is 1. The van der Waals surface area contributed by atoms with Gasteiger partial charge >= 0.3 is 5.97 Å². The molecular formula is C16H29N5O6S. The van der Waals surface area contributed by atoms with Crippen molar-refractivity contribution in [3.63, 3.8) is 0 Å². The summed E-state index contributed by atoms with van der Waals surface area (Å²) in [6.07, 6.45) is -0.401. The second-order valence-corrected chi connectivity index (χ2v) is 7.01. The maximum absolute atomic E-state index is 12.3. The third-order valence-electron chi connectivity index (χ3n) is 3.88. The maximum atomic E-state index is 12.3. The maximum Gasteiger partial charge on any atom is 0.326 e. The molecule has 0 aliphatic heterocycles. The number of hydrogen-bond donors (Lipinski definition) is 7. The van der Waals surface area contributed by atoms with Crippen molar-refractivity contribution in [2.75, 3.05) is 5.75 Å². The molecule has 4 atom stereocenters. The second kappa shape index (κ2) is 12.2. The zero-order chi connectivity index (χ0) is 22.0. The molecule has 160 valence electrons.